The number of nitrogens with two attached hydrogens (primary N) is 1. The third-order valence-corrected chi connectivity index (χ3v) is 2.82. The van der Waals surface area contributed by atoms with Crippen molar-refractivity contribution in [2.24, 2.45) is 5.73 Å². The molecular weight excluding hydrogens is 178 g/mol. The zero-order valence-electron chi connectivity index (χ0n) is 8.23. The Morgan fingerprint density at radius 1 is 1.50 bits per heavy atom. The molecule has 0 amide bonds. The molecule has 0 bridgehead atoms. The fraction of sp³-hybridized carbons (Fsp3) is 0.455. The average Bonchev–Trinajstić information content (AvgIpc) is 2.23. The Balaban J connectivity index is 2.49. The maximum Gasteiger partial charge on any atom is 0.124 e. The molecule has 1 aliphatic rings. The fourth-order valence-electron chi connectivity index (χ4n) is 2.02. The van der Waals surface area contributed by atoms with Crippen molar-refractivity contribution in [3.05, 3.63) is 29.3 Å². The van der Waals surface area contributed by atoms with Crippen molar-refractivity contribution in [1.82, 2.24) is 0 Å². The zero-order valence-corrected chi connectivity index (χ0v) is 8.23. The SMILES string of the molecule is COc1cccc2c1[C@H](O)[C@@H](N)CC2. The molecule has 3 nitrogen and oxygen atoms in total. The van der Waals surface area contributed by atoms with Crippen LogP contribution in [0.2, 0.25) is 0 Å². The van der Waals surface area contributed by atoms with E-state index in [1.54, 1.807) is 7.11 Å². The highest BCUT2D eigenvalue weighted by atomic mass is 16.5. The Hall–Kier alpha value is -1.06. The lowest BCUT2D eigenvalue weighted by atomic mass is 9.86. The van der Waals surface area contributed by atoms with E-state index in [9.17, 15) is 5.11 Å². The van der Waals surface area contributed by atoms with Crippen molar-refractivity contribution < 1.29 is 9.84 Å². The highest BCUT2D eigenvalue weighted by Gasteiger charge is 2.27. The van der Waals surface area contributed by atoms with Crippen LogP contribution in [0.5, 0.6) is 5.75 Å². The highest BCUT2D eigenvalue weighted by Crippen LogP contribution is 2.35. The van der Waals surface area contributed by atoms with Crippen LogP contribution >= 0.6 is 0 Å². The van der Waals surface area contributed by atoms with Gasteiger partial charge in [-0.2, -0.15) is 0 Å². The van der Waals surface area contributed by atoms with Crippen molar-refractivity contribution in [3.63, 3.8) is 0 Å². The summed E-state index contributed by atoms with van der Waals surface area (Å²) >= 11 is 0. The number of aliphatic hydroxyl groups excluding tert-OH is 1. The number of benzene rings is 1. The molecule has 0 aromatic heterocycles. The van der Waals surface area contributed by atoms with E-state index in [4.69, 9.17) is 10.5 Å². The van der Waals surface area contributed by atoms with Crippen LogP contribution in [-0.4, -0.2) is 18.3 Å². The summed E-state index contributed by atoms with van der Waals surface area (Å²) in [6.07, 6.45) is 1.17. The first-order chi connectivity index (χ1) is 6.74. The topological polar surface area (TPSA) is 55.5 Å². The first-order valence-electron chi connectivity index (χ1n) is 4.83. The second-order valence-electron chi connectivity index (χ2n) is 3.68. The van der Waals surface area contributed by atoms with Gasteiger partial charge in [0, 0.05) is 11.6 Å². The second-order valence-corrected chi connectivity index (χ2v) is 3.68. The first kappa shape index (κ1) is 9.49. The minimum Gasteiger partial charge on any atom is -0.496 e. The molecule has 1 aliphatic carbocycles. The predicted molar refractivity (Wildman–Crippen MR) is 54.3 cm³/mol. The van der Waals surface area contributed by atoms with Crippen LogP contribution in [0.4, 0.5) is 0 Å². The Labute approximate surface area is 83.5 Å². The second kappa shape index (κ2) is 3.59. The number of rotatable bonds is 1. The van der Waals surface area contributed by atoms with E-state index < -0.39 is 6.10 Å². The maximum atomic E-state index is 9.94. The minimum atomic E-state index is -0.588. The first-order valence-corrected chi connectivity index (χ1v) is 4.83. The zero-order chi connectivity index (χ0) is 10.1. The van der Waals surface area contributed by atoms with Crippen LogP contribution in [0.25, 0.3) is 0 Å². The molecule has 0 saturated carbocycles. The lowest BCUT2D eigenvalue weighted by molar-refractivity contribution is 0.130. The molecule has 3 N–H and O–H groups in total. The minimum absolute atomic E-state index is 0.168. The molecule has 0 saturated heterocycles. The molecule has 0 fully saturated rings. The Morgan fingerprint density at radius 3 is 3.00 bits per heavy atom. The van der Waals surface area contributed by atoms with Gasteiger partial charge < -0.3 is 15.6 Å². The number of hydrogen-bond acceptors (Lipinski definition) is 3. The van der Waals surface area contributed by atoms with Crippen LogP contribution in [0, 0.1) is 0 Å². The summed E-state index contributed by atoms with van der Waals surface area (Å²) < 4.78 is 5.22. The summed E-state index contributed by atoms with van der Waals surface area (Å²) in [6, 6.07) is 5.66. The number of ether oxygens (including phenoxy) is 1. The van der Waals surface area contributed by atoms with Crippen molar-refractivity contribution >= 4 is 0 Å². The van der Waals surface area contributed by atoms with Gasteiger partial charge in [-0.15, -0.1) is 0 Å². The third kappa shape index (κ3) is 1.38. The predicted octanol–water partition coefficient (Wildman–Crippen LogP) is 1.00. The largest absolute Gasteiger partial charge is 0.496 e. The highest BCUT2D eigenvalue weighted by molar-refractivity contribution is 5.44. The average molecular weight is 193 g/mol. The molecule has 1 aromatic rings. The Morgan fingerprint density at radius 2 is 2.29 bits per heavy atom. The van der Waals surface area contributed by atoms with Crippen LogP contribution in [0.15, 0.2) is 18.2 Å². The van der Waals surface area contributed by atoms with E-state index in [-0.39, 0.29) is 6.04 Å². The van der Waals surface area contributed by atoms with Gasteiger partial charge in [0.05, 0.1) is 13.2 Å². The molecule has 2 rings (SSSR count). The molecule has 0 radical (unpaired) electrons. The summed E-state index contributed by atoms with van der Waals surface area (Å²) in [6.45, 7) is 0. The number of methoxy groups -OCH3 is 1. The summed E-state index contributed by atoms with van der Waals surface area (Å²) in [5.41, 5.74) is 7.83. The monoisotopic (exact) mass is 193 g/mol. The number of aryl methyl sites for hydroxylation is 1. The number of hydrogen-bond donors (Lipinski definition) is 2. The van der Waals surface area contributed by atoms with E-state index in [2.05, 4.69) is 0 Å². The van der Waals surface area contributed by atoms with Gasteiger partial charge in [-0.1, -0.05) is 12.1 Å². The molecular formula is C11H15NO2. The van der Waals surface area contributed by atoms with E-state index >= 15 is 0 Å². The molecule has 14 heavy (non-hydrogen) atoms. The summed E-state index contributed by atoms with van der Waals surface area (Å²) in [4.78, 5) is 0. The van der Waals surface area contributed by atoms with Gasteiger partial charge >= 0.3 is 0 Å². The standard InChI is InChI=1S/C11H15NO2/c1-14-9-4-2-3-7-5-6-8(12)11(13)10(7)9/h2-4,8,11,13H,5-6,12H2,1H3/t8-,11+/m0/s1. The lowest BCUT2D eigenvalue weighted by Crippen LogP contribution is -2.33. The normalized spacial score (nSPS) is 25.6. The van der Waals surface area contributed by atoms with Crippen molar-refractivity contribution in [2.45, 2.75) is 25.0 Å². The van der Waals surface area contributed by atoms with Crippen molar-refractivity contribution in [1.29, 1.82) is 0 Å². The van der Waals surface area contributed by atoms with E-state index in [1.807, 2.05) is 18.2 Å². The van der Waals surface area contributed by atoms with Crippen LogP contribution < -0.4 is 10.5 Å². The Kier molecular flexibility index (Phi) is 2.44. The summed E-state index contributed by atoms with van der Waals surface area (Å²) in [5.74, 6) is 0.741. The van der Waals surface area contributed by atoms with E-state index in [0.29, 0.717) is 0 Å². The Bertz CT molecular complexity index is 324. The molecule has 0 heterocycles. The van der Waals surface area contributed by atoms with Crippen molar-refractivity contribution in [2.75, 3.05) is 7.11 Å². The van der Waals surface area contributed by atoms with Crippen molar-refractivity contribution in [3.8, 4) is 5.75 Å². The molecule has 0 spiro atoms. The number of fused-ring (bicyclic) bond motifs is 1. The fourth-order valence-corrected chi connectivity index (χ4v) is 2.02. The third-order valence-electron chi connectivity index (χ3n) is 2.82. The quantitative estimate of drug-likeness (QED) is 0.699. The van der Waals surface area contributed by atoms with Crippen LogP contribution in [-0.2, 0) is 6.42 Å². The van der Waals surface area contributed by atoms with Gasteiger partial charge in [-0.05, 0) is 24.5 Å². The lowest BCUT2D eigenvalue weighted by Gasteiger charge is -2.28. The van der Waals surface area contributed by atoms with Gasteiger partial charge in [0.25, 0.3) is 0 Å². The molecule has 3 heteroatoms. The summed E-state index contributed by atoms with van der Waals surface area (Å²) in [7, 11) is 1.61. The smallest absolute Gasteiger partial charge is 0.124 e. The van der Waals surface area contributed by atoms with Gasteiger partial charge in [-0.25, -0.2) is 0 Å². The molecule has 76 valence electrons. The van der Waals surface area contributed by atoms with Gasteiger partial charge in [0.2, 0.25) is 0 Å². The van der Waals surface area contributed by atoms with E-state index in [0.717, 1.165) is 29.7 Å². The van der Waals surface area contributed by atoms with Gasteiger partial charge in [0.15, 0.2) is 0 Å². The summed E-state index contributed by atoms with van der Waals surface area (Å²) in [5, 5.41) is 9.94. The molecule has 2 atom stereocenters. The van der Waals surface area contributed by atoms with Crippen LogP contribution in [0.3, 0.4) is 0 Å². The van der Waals surface area contributed by atoms with E-state index in [1.165, 1.54) is 0 Å². The molecule has 0 aliphatic heterocycles. The molecule has 1 aromatic carbocycles. The number of aliphatic hydroxyl groups is 1. The maximum absolute atomic E-state index is 9.94. The molecule has 0 unspecified atom stereocenters. The van der Waals surface area contributed by atoms with Gasteiger partial charge in [0.1, 0.15) is 5.75 Å². The van der Waals surface area contributed by atoms with Crippen LogP contribution in [0.1, 0.15) is 23.7 Å². The van der Waals surface area contributed by atoms with Gasteiger partial charge in [-0.3, -0.25) is 0 Å².